The van der Waals surface area contributed by atoms with Crippen LogP contribution in [0.5, 0.6) is 23.0 Å². The Morgan fingerprint density at radius 2 is 1.67 bits per heavy atom. The zero-order valence-electron chi connectivity index (χ0n) is 19.2. The summed E-state index contributed by atoms with van der Waals surface area (Å²) in [6, 6.07) is 17.7. The van der Waals surface area contributed by atoms with Crippen LogP contribution in [0.25, 0.3) is 22.3 Å². The molecule has 0 amide bonds. The van der Waals surface area contributed by atoms with Crippen LogP contribution in [-0.2, 0) is 16.0 Å². The van der Waals surface area contributed by atoms with Gasteiger partial charge in [0.2, 0.25) is 5.75 Å². The molecule has 0 aliphatic rings. The summed E-state index contributed by atoms with van der Waals surface area (Å²) < 4.78 is 16.5. The highest BCUT2D eigenvalue weighted by Gasteiger charge is 2.18. The third-order valence-electron chi connectivity index (χ3n) is 5.49. The molecule has 0 saturated carbocycles. The van der Waals surface area contributed by atoms with Crippen molar-refractivity contribution in [3.8, 4) is 34.3 Å². The topological polar surface area (TPSA) is 152 Å². The molecular weight excluding hydrogens is 466 g/mol. The van der Waals surface area contributed by atoms with Crippen molar-refractivity contribution in [1.82, 2.24) is 0 Å². The van der Waals surface area contributed by atoms with Gasteiger partial charge in [0.1, 0.15) is 28.5 Å². The van der Waals surface area contributed by atoms with Crippen LogP contribution >= 0.6 is 0 Å². The third-order valence-corrected chi connectivity index (χ3v) is 5.49. The second-order valence-corrected chi connectivity index (χ2v) is 8.13. The summed E-state index contributed by atoms with van der Waals surface area (Å²) in [7, 11) is 0. The van der Waals surface area contributed by atoms with Gasteiger partial charge >= 0.3 is 5.97 Å². The van der Waals surface area contributed by atoms with E-state index < -0.39 is 34.7 Å². The number of fused-ring (bicyclic) bond motifs is 1. The van der Waals surface area contributed by atoms with Crippen molar-refractivity contribution in [2.24, 2.45) is 5.73 Å². The van der Waals surface area contributed by atoms with E-state index in [1.807, 2.05) is 30.3 Å². The molecule has 0 spiro atoms. The molecule has 4 rings (SSSR count). The summed E-state index contributed by atoms with van der Waals surface area (Å²) >= 11 is 0. The van der Waals surface area contributed by atoms with E-state index in [1.54, 1.807) is 24.3 Å². The number of ether oxygens (including phenoxy) is 2. The van der Waals surface area contributed by atoms with E-state index in [2.05, 4.69) is 0 Å². The number of phenols is 3. The Hall–Kier alpha value is -4.50. The normalized spacial score (nSPS) is 11.8. The number of aromatic hydroxyl groups is 3. The Labute approximate surface area is 205 Å². The van der Waals surface area contributed by atoms with E-state index in [0.29, 0.717) is 30.8 Å². The number of carbonyl (C=O) groups is 1. The molecule has 4 aromatic rings. The molecule has 0 saturated heterocycles. The van der Waals surface area contributed by atoms with E-state index in [4.69, 9.17) is 19.6 Å². The second kappa shape index (κ2) is 10.8. The van der Waals surface area contributed by atoms with Crippen molar-refractivity contribution in [3.05, 3.63) is 82.5 Å². The molecule has 5 N–H and O–H groups in total. The molecule has 0 aliphatic heterocycles. The predicted molar refractivity (Wildman–Crippen MR) is 132 cm³/mol. The first-order chi connectivity index (χ1) is 17.3. The first-order valence-corrected chi connectivity index (χ1v) is 11.2. The van der Waals surface area contributed by atoms with Crippen molar-refractivity contribution < 1.29 is 34.0 Å². The largest absolute Gasteiger partial charge is 0.504 e. The average molecular weight is 491 g/mol. The van der Waals surface area contributed by atoms with Gasteiger partial charge in [0.25, 0.3) is 0 Å². The van der Waals surface area contributed by atoms with Gasteiger partial charge in [-0.15, -0.1) is 0 Å². The van der Waals surface area contributed by atoms with E-state index in [0.717, 1.165) is 11.6 Å². The van der Waals surface area contributed by atoms with Crippen LogP contribution in [0.15, 0.2) is 75.9 Å². The van der Waals surface area contributed by atoms with Gasteiger partial charge in [0.05, 0.1) is 13.2 Å². The van der Waals surface area contributed by atoms with Gasteiger partial charge in [-0.1, -0.05) is 30.3 Å². The summed E-state index contributed by atoms with van der Waals surface area (Å²) in [5, 5.41) is 29.0. The molecule has 0 fully saturated rings. The van der Waals surface area contributed by atoms with Gasteiger partial charge in [-0.05, 0) is 36.2 Å². The van der Waals surface area contributed by atoms with Crippen LogP contribution < -0.4 is 15.9 Å². The third kappa shape index (κ3) is 5.59. The molecule has 186 valence electrons. The fourth-order valence-corrected chi connectivity index (χ4v) is 3.62. The Morgan fingerprint density at radius 3 is 2.39 bits per heavy atom. The van der Waals surface area contributed by atoms with Gasteiger partial charge in [-0.3, -0.25) is 9.59 Å². The Morgan fingerprint density at radius 1 is 0.944 bits per heavy atom. The molecule has 0 unspecified atom stereocenters. The van der Waals surface area contributed by atoms with E-state index in [1.165, 1.54) is 6.07 Å². The number of hydrogen-bond acceptors (Lipinski definition) is 9. The van der Waals surface area contributed by atoms with Gasteiger partial charge in [-0.25, -0.2) is 0 Å². The number of esters is 1. The van der Waals surface area contributed by atoms with Gasteiger partial charge < -0.3 is 34.9 Å². The molecule has 0 radical (unpaired) electrons. The number of hydrogen-bond donors (Lipinski definition) is 4. The first-order valence-electron chi connectivity index (χ1n) is 11.2. The van der Waals surface area contributed by atoms with Gasteiger partial charge in [-0.2, -0.15) is 0 Å². The van der Waals surface area contributed by atoms with Crippen LogP contribution in [0.3, 0.4) is 0 Å². The van der Waals surface area contributed by atoms with Crippen molar-refractivity contribution in [1.29, 1.82) is 0 Å². The average Bonchev–Trinajstić information content (AvgIpc) is 2.87. The highest BCUT2D eigenvalue weighted by atomic mass is 16.5. The van der Waals surface area contributed by atoms with Crippen LogP contribution in [0.4, 0.5) is 0 Å². The molecule has 9 heteroatoms. The second-order valence-electron chi connectivity index (χ2n) is 8.13. The standard InChI is InChI=1S/C27H25NO8/c28-19(13-16-5-2-1-3-6-16)27(33)35-12-4-11-34-18-9-7-17(8-10-18)22-14-20(29)24-23(36-22)15-21(30)25(31)26(24)32/h1-3,5-10,14-15,19,30-32H,4,11-13,28H2/t19-/m0/s1. The van der Waals surface area contributed by atoms with Crippen molar-refractivity contribution in [3.63, 3.8) is 0 Å². The highest BCUT2D eigenvalue weighted by molar-refractivity contribution is 5.89. The van der Waals surface area contributed by atoms with Crippen molar-refractivity contribution in [2.75, 3.05) is 13.2 Å². The van der Waals surface area contributed by atoms with Crippen LogP contribution in [0, 0.1) is 0 Å². The highest BCUT2D eigenvalue weighted by Crippen LogP contribution is 2.40. The molecule has 1 atom stereocenters. The zero-order valence-corrected chi connectivity index (χ0v) is 19.2. The zero-order chi connectivity index (χ0) is 25.7. The van der Waals surface area contributed by atoms with Gasteiger partial charge in [0, 0.05) is 24.1 Å². The summed E-state index contributed by atoms with van der Waals surface area (Å²) in [4.78, 5) is 24.5. The summed E-state index contributed by atoms with van der Waals surface area (Å²) in [6.45, 7) is 0.491. The fourth-order valence-electron chi connectivity index (χ4n) is 3.62. The quantitative estimate of drug-likeness (QED) is 0.157. The fraction of sp³-hybridized carbons (Fsp3) is 0.185. The summed E-state index contributed by atoms with van der Waals surface area (Å²) in [5.74, 6) is -1.81. The number of nitrogens with two attached hydrogens (primary N) is 1. The molecule has 1 aromatic heterocycles. The molecule has 3 aromatic carbocycles. The minimum Gasteiger partial charge on any atom is -0.504 e. The summed E-state index contributed by atoms with van der Waals surface area (Å²) in [6.07, 6.45) is 0.885. The number of benzene rings is 3. The number of phenolic OH excluding ortho intramolecular Hbond substituents is 3. The van der Waals surface area contributed by atoms with Crippen LogP contribution in [-0.4, -0.2) is 40.5 Å². The van der Waals surface area contributed by atoms with Crippen LogP contribution in [0.1, 0.15) is 12.0 Å². The molecule has 36 heavy (non-hydrogen) atoms. The minimum atomic E-state index is -0.783. The lowest BCUT2D eigenvalue weighted by atomic mass is 10.1. The van der Waals surface area contributed by atoms with E-state index in [9.17, 15) is 24.9 Å². The molecule has 0 bridgehead atoms. The van der Waals surface area contributed by atoms with Crippen molar-refractivity contribution in [2.45, 2.75) is 18.9 Å². The number of carbonyl (C=O) groups excluding carboxylic acids is 1. The van der Waals surface area contributed by atoms with E-state index in [-0.39, 0.29) is 23.3 Å². The predicted octanol–water partition coefficient (Wildman–Crippen LogP) is 3.46. The lowest BCUT2D eigenvalue weighted by Crippen LogP contribution is -2.34. The Bertz CT molecular complexity index is 1410. The lowest BCUT2D eigenvalue weighted by molar-refractivity contribution is -0.145. The molecule has 0 aliphatic carbocycles. The van der Waals surface area contributed by atoms with Crippen LogP contribution in [0.2, 0.25) is 0 Å². The molecular formula is C27H25NO8. The number of rotatable bonds is 9. The SMILES string of the molecule is N[C@@H](Cc1ccccc1)C(=O)OCCCOc1ccc(-c2cc(=O)c3c(O)c(O)c(O)cc3o2)cc1. The first kappa shape index (κ1) is 24.6. The summed E-state index contributed by atoms with van der Waals surface area (Å²) in [5.41, 5.74) is 6.80. The Kier molecular flexibility index (Phi) is 7.41. The maximum atomic E-state index is 12.4. The Balaban J connectivity index is 1.29. The van der Waals surface area contributed by atoms with E-state index >= 15 is 0 Å². The monoisotopic (exact) mass is 491 g/mol. The van der Waals surface area contributed by atoms with Gasteiger partial charge in [0.15, 0.2) is 16.9 Å². The molecule has 1 heterocycles. The smallest absolute Gasteiger partial charge is 0.323 e. The minimum absolute atomic E-state index is 0.0661. The lowest BCUT2D eigenvalue weighted by Gasteiger charge is -2.12. The maximum Gasteiger partial charge on any atom is 0.323 e. The maximum absolute atomic E-state index is 12.4. The molecule has 9 nitrogen and oxygen atoms in total. The van der Waals surface area contributed by atoms with Crippen molar-refractivity contribution >= 4 is 16.9 Å².